The van der Waals surface area contributed by atoms with Crippen LogP contribution in [0.2, 0.25) is 0 Å². The summed E-state index contributed by atoms with van der Waals surface area (Å²) in [6.07, 6.45) is 3.69. The molecule has 0 aliphatic rings. The average Bonchev–Trinajstić information content (AvgIpc) is 2.90. The molecule has 2 rings (SSSR count). The highest BCUT2D eigenvalue weighted by atomic mass is 16.5. The van der Waals surface area contributed by atoms with E-state index < -0.39 is 0 Å². The van der Waals surface area contributed by atoms with E-state index >= 15 is 0 Å². The molecule has 0 radical (unpaired) electrons. The molecule has 0 saturated carbocycles. The normalized spacial score (nSPS) is 10.4. The quantitative estimate of drug-likeness (QED) is 0.813. The van der Waals surface area contributed by atoms with Gasteiger partial charge in [-0.25, -0.2) is 4.68 Å². The van der Waals surface area contributed by atoms with Crippen LogP contribution in [0.5, 0.6) is 0 Å². The lowest BCUT2D eigenvalue weighted by atomic mass is 10.1. The summed E-state index contributed by atoms with van der Waals surface area (Å²) in [4.78, 5) is 0. The van der Waals surface area contributed by atoms with Crippen LogP contribution in [0.25, 0.3) is 5.69 Å². The van der Waals surface area contributed by atoms with Gasteiger partial charge < -0.3 is 10.1 Å². The van der Waals surface area contributed by atoms with Crippen LogP contribution in [-0.2, 0) is 11.3 Å². The molecule has 5 heteroatoms. The molecular formula is C15H18N4O. The number of aromatic nitrogens is 2. The van der Waals surface area contributed by atoms with E-state index in [1.165, 1.54) is 0 Å². The summed E-state index contributed by atoms with van der Waals surface area (Å²) in [5.41, 5.74) is 3.57. The standard InChI is InChI=1S/C15H18N4O/c1-12-9-18-19(11-12)15-4-3-13(7-14(15)8-16)10-17-5-6-20-2/h3-4,7,9,11,17H,5-6,10H2,1-2H3. The second-order valence-electron chi connectivity index (χ2n) is 4.60. The third-order valence-electron chi connectivity index (χ3n) is 2.95. The number of ether oxygens (including phenoxy) is 1. The lowest BCUT2D eigenvalue weighted by Gasteiger charge is -2.08. The Balaban J connectivity index is 2.14. The fourth-order valence-corrected chi connectivity index (χ4v) is 1.93. The van der Waals surface area contributed by atoms with Gasteiger partial charge >= 0.3 is 0 Å². The molecule has 0 spiro atoms. The predicted molar refractivity (Wildman–Crippen MR) is 76.6 cm³/mol. The Kier molecular flexibility index (Phi) is 4.88. The number of hydrogen-bond acceptors (Lipinski definition) is 4. The SMILES string of the molecule is COCCNCc1ccc(-n2cc(C)cn2)c(C#N)c1. The molecule has 1 aromatic carbocycles. The zero-order valence-electron chi connectivity index (χ0n) is 11.8. The third-order valence-corrected chi connectivity index (χ3v) is 2.95. The van der Waals surface area contributed by atoms with Crippen LogP contribution >= 0.6 is 0 Å². The zero-order valence-corrected chi connectivity index (χ0v) is 11.8. The fourth-order valence-electron chi connectivity index (χ4n) is 1.93. The highest BCUT2D eigenvalue weighted by Gasteiger charge is 2.06. The van der Waals surface area contributed by atoms with E-state index in [0.29, 0.717) is 12.2 Å². The average molecular weight is 270 g/mol. The second kappa shape index (κ2) is 6.85. The molecule has 1 aromatic heterocycles. The number of nitrogens with one attached hydrogen (secondary N) is 1. The minimum atomic E-state index is 0.624. The molecule has 0 unspecified atom stereocenters. The highest BCUT2D eigenvalue weighted by Crippen LogP contribution is 2.16. The second-order valence-corrected chi connectivity index (χ2v) is 4.60. The predicted octanol–water partition coefficient (Wildman–Crippen LogP) is 1.79. The van der Waals surface area contributed by atoms with Gasteiger partial charge in [-0.3, -0.25) is 0 Å². The molecule has 1 heterocycles. The van der Waals surface area contributed by atoms with Gasteiger partial charge in [0, 0.05) is 26.4 Å². The van der Waals surface area contributed by atoms with Gasteiger partial charge in [-0.05, 0) is 30.2 Å². The van der Waals surface area contributed by atoms with Crippen molar-refractivity contribution in [3.8, 4) is 11.8 Å². The maximum Gasteiger partial charge on any atom is 0.101 e. The Morgan fingerprint density at radius 2 is 2.30 bits per heavy atom. The summed E-state index contributed by atoms with van der Waals surface area (Å²) < 4.78 is 6.71. The number of hydrogen-bond donors (Lipinski definition) is 1. The molecule has 20 heavy (non-hydrogen) atoms. The third kappa shape index (κ3) is 3.44. The molecule has 0 aliphatic heterocycles. The maximum atomic E-state index is 9.29. The van der Waals surface area contributed by atoms with Crippen molar-refractivity contribution in [3.05, 3.63) is 47.3 Å². The number of rotatable bonds is 6. The van der Waals surface area contributed by atoms with E-state index in [0.717, 1.165) is 29.9 Å². The first-order chi connectivity index (χ1) is 9.74. The van der Waals surface area contributed by atoms with E-state index in [2.05, 4.69) is 16.5 Å². The van der Waals surface area contributed by atoms with Gasteiger partial charge in [0.15, 0.2) is 0 Å². The number of benzene rings is 1. The van der Waals surface area contributed by atoms with Gasteiger partial charge in [0.05, 0.1) is 24.1 Å². The largest absolute Gasteiger partial charge is 0.383 e. The van der Waals surface area contributed by atoms with Crippen LogP contribution in [-0.4, -0.2) is 30.0 Å². The number of nitriles is 1. The Hall–Kier alpha value is -2.16. The Morgan fingerprint density at radius 1 is 1.45 bits per heavy atom. The highest BCUT2D eigenvalue weighted by molar-refractivity contribution is 5.50. The van der Waals surface area contributed by atoms with Crippen molar-refractivity contribution in [1.29, 1.82) is 5.26 Å². The molecule has 0 amide bonds. The van der Waals surface area contributed by atoms with Crippen molar-refractivity contribution in [2.24, 2.45) is 0 Å². The summed E-state index contributed by atoms with van der Waals surface area (Å²) in [6.45, 7) is 4.16. The van der Waals surface area contributed by atoms with Gasteiger partial charge in [-0.2, -0.15) is 10.4 Å². The van der Waals surface area contributed by atoms with E-state index in [-0.39, 0.29) is 0 Å². The summed E-state index contributed by atoms with van der Waals surface area (Å²) in [7, 11) is 1.68. The first kappa shape index (κ1) is 14.3. The Bertz CT molecular complexity index is 613. The molecule has 0 fully saturated rings. The smallest absolute Gasteiger partial charge is 0.101 e. The van der Waals surface area contributed by atoms with Crippen LogP contribution < -0.4 is 5.32 Å². The van der Waals surface area contributed by atoms with Crippen LogP contribution in [0.3, 0.4) is 0 Å². The van der Waals surface area contributed by atoms with Gasteiger partial charge in [-0.1, -0.05) is 6.07 Å². The van der Waals surface area contributed by atoms with Crippen LogP contribution in [0.4, 0.5) is 0 Å². The number of methoxy groups -OCH3 is 1. The first-order valence-corrected chi connectivity index (χ1v) is 6.49. The molecule has 2 aromatic rings. The van der Waals surface area contributed by atoms with E-state index in [1.807, 2.05) is 31.3 Å². The van der Waals surface area contributed by atoms with Crippen LogP contribution in [0.15, 0.2) is 30.6 Å². The van der Waals surface area contributed by atoms with Crippen molar-refractivity contribution in [3.63, 3.8) is 0 Å². The van der Waals surface area contributed by atoms with Gasteiger partial charge in [0.25, 0.3) is 0 Å². The van der Waals surface area contributed by atoms with Crippen LogP contribution in [0.1, 0.15) is 16.7 Å². The summed E-state index contributed by atoms with van der Waals surface area (Å²) in [6, 6.07) is 8.06. The van der Waals surface area contributed by atoms with Crippen molar-refractivity contribution in [2.75, 3.05) is 20.3 Å². The summed E-state index contributed by atoms with van der Waals surface area (Å²) in [5, 5.41) is 16.8. The van der Waals surface area contributed by atoms with Crippen molar-refractivity contribution < 1.29 is 4.74 Å². The topological polar surface area (TPSA) is 62.9 Å². The molecule has 0 atom stereocenters. The molecule has 0 saturated heterocycles. The minimum Gasteiger partial charge on any atom is -0.383 e. The molecule has 1 N–H and O–H groups in total. The van der Waals surface area contributed by atoms with E-state index in [1.54, 1.807) is 18.0 Å². The first-order valence-electron chi connectivity index (χ1n) is 6.49. The maximum absolute atomic E-state index is 9.29. The Labute approximate surface area is 118 Å². The number of nitrogens with zero attached hydrogens (tertiary/aromatic N) is 3. The van der Waals surface area contributed by atoms with Crippen molar-refractivity contribution in [1.82, 2.24) is 15.1 Å². The van der Waals surface area contributed by atoms with E-state index in [4.69, 9.17) is 4.74 Å². The fraction of sp³-hybridized carbons (Fsp3) is 0.333. The molecule has 104 valence electrons. The summed E-state index contributed by atoms with van der Waals surface area (Å²) in [5.74, 6) is 0. The number of aryl methyl sites for hydroxylation is 1. The monoisotopic (exact) mass is 270 g/mol. The van der Waals surface area contributed by atoms with Crippen LogP contribution in [0, 0.1) is 18.3 Å². The van der Waals surface area contributed by atoms with E-state index in [9.17, 15) is 5.26 Å². The molecule has 5 nitrogen and oxygen atoms in total. The van der Waals surface area contributed by atoms with Gasteiger partial charge in [-0.15, -0.1) is 0 Å². The molecule has 0 bridgehead atoms. The van der Waals surface area contributed by atoms with Gasteiger partial charge in [0.2, 0.25) is 0 Å². The van der Waals surface area contributed by atoms with Crippen molar-refractivity contribution in [2.45, 2.75) is 13.5 Å². The lowest BCUT2D eigenvalue weighted by molar-refractivity contribution is 0.199. The Morgan fingerprint density at radius 3 is 2.95 bits per heavy atom. The van der Waals surface area contributed by atoms with Crippen molar-refractivity contribution >= 4 is 0 Å². The minimum absolute atomic E-state index is 0.624. The molecular weight excluding hydrogens is 252 g/mol. The molecule has 0 aliphatic carbocycles. The lowest BCUT2D eigenvalue weighted by Crippen LogP contribution is -2.18. The zero-order chi connectivity index (χ0) is 14.4. The summed E-state index contributed by atoms with van der Waals surface area (Å²) >= 11 is 0. The van der Waals surface area contributed by atoms with Gasteiger partial charge in [0.1, 0.15) is 6.07 Å².